The van der Waals surface area contributed by atoms with Gasteiger partial charge in [-0.2, -0.15) is 0 Å². The molecule has 5 rings (SSSR count). The van der Waals surface area contributed by atoms with Gasteiger partial charge in [-0.15, -0.1) is 0 Å². The second-order valence-corrected chi connectivity index (χ2v) is 11.0. The standard InChI is InChI=1S/C33H33Cl2N3O2/c1-40-33(39)21-36-27-14-16-28(17-15-27)38-22-31(29-18-13-26(34)20-30(29)35)37-32(38)19-25-11-9-24(10-12-25)8-7-23-5-3-2-4-6-23/h7-18,20,22-23,36H,2-6,19,21H2,1H3. The van der Waals surface area contributed by atoms with Gasteiger partial charge in [0.25, 0.3) is 0 Å². The number of nitrogens with one attached hydrogen (secondary N) is 1. The number of anilines is 1. The number of ether oxygens (including phenoxy) is 1. The molecular formula is C33H33Cl2N3O2. The molecule has 206 valence electrons. The van der Waals surface area contributed by atoms with Gasteiger partial charge < -0.3 is 14.6 Å². The van der Waals surface area contributed by atoms with Crippen molar-refractivity contribution in [1.29, 1.82) is 0 Å². The Kier molecular flexibility index (Phi) is 9.25. The van der Waals surface area contributed by atoms with E-state index in [4.69, 9.17) is 32.9 Å². The van der Waals surface area contributed by atoms with Crippen LogP contribution in [0.2, 0.25) is 10.0 Å². The zero-order chi connectivity index (χ0) is 27.9. The number of rotatable bonds is 9. The zero-order valence-corrected chi connectivity index (χ0v) is 24.1. The van der Waals surface area contributed by atoms with E-state index in [0.717, 1.165) is 28.5 Å². The van der Waals surface area contributed by atoms with Crippen LogP contribution >= 0.6 is 23.2 Å². The maximum absolute atomic E-state index is 11.5. The maximum atomic E-state index is 11.5. The summed E-state index contributed by atoms with van der Waals surface area (Å²) in [5, 5.41) is 4.21. The van der Waals surface area contributed by atoms with Crippen molar-refractivity contribution in [3.8, 4) is 16.9 Å². The third-order valence-corrected chi connectivity index (χ3v) is 7.90. The Labute approximate surface area is 245 Å². The lowest BCUT2D eigenvalue weighted by Crippen LogP contribution is -2.14. The molecule has 4 aromatic rings. The van der Waals surface area contributed by atoms with Crippen molar-refractivity contribution in [2.24, 2.45) is 5.92 Å². The van der Waals surface area contributed by atoms with E-state index in [-0.39, 0.29) is 12.5 Å². The highest BCUT2D eigenvalue weighted by molar-refractivity contribution is 6.36. The quantitative estimate of drug-likeness (QED) is 0.203. The minimum atomic E-state index is -0.319. The van der Waals surface area contributed by atoms with Crippen molar-refractivity contribution < 1.29 is 9.53 Å². The Morgan fingerprint density at radius 3 is 2.48 bits per heavy atom. The maximum Gasteiger partial charge on any atom is 0.325 e. The number of carbonyl (C=O) groups is 1. The number of benzene rings is 3. The lowest BCUT2D eigenvalue weighted by Gasteiger charge is -2.17. The molecule has 5 nitrogen and oxygen atoms in total. The Hall–Kier alpha value is -3.54. The van der Waals surface area contributed by atoms with E-state index in [9.17, 15) is 4.79 Å². The molecule has 1 fully saturated rings. The molecule has 1 aromatic heterocycles. The van der Waals surface area contributed by atoms with Gasteiger partial charge in [0.1, 0.15) is 12.4 Å². The third-order valence-electron chi connectivity index (χ3n) is 7.35. The number of carbonyl (C=O) groups excluding carboxylic acids is 1. The van der Waals surface area contributed by atoms with Crippen LogP contribution in [-0.4, -0.2) is 29.2 Å². The van der Waals surface area contributed by atoms with E-state index >= 15 is 0 Å². The summed E-state index contributed by atoms with van der Waals surface area (Å²) in [5.41, 5.74) is 5.78. The summed E-state index contributed by atoms with van der Waals surface area (Å²) in [6.45, 7) is 0.108. The molecule has 0 unspecified atom stereocenters. The molecule has 7 heteroatoms. The third kappa shape index (κ3) is 7.15. The number of hydrogen-bond donors (Lipinski definition) is 1. The molecule has 1 heterocycles. The van der Waals surface area contributed by atoms with Gasteiger partial charge >= 0.3 is 5.97 Å². The first-order chi connectivity index (χ1) is 19.5. The van der Waals surface area contributed by atoms with Crippen molar-refractivity contribution in [1.82, 2.24) is 9.55 Å². The van der Waals surface area contributed by atoms with Crippen molar-refractivity contribution >= 4 is 40.9 Å². The van der Waals surface area contributed by atoms with Crippen LogP contribution in [0.1, 0.15) is 49.1 Å². The van der Waals surface area contributed by atoms with Crippen molar-refractivity contribution in [3.05, 3.63) is 106 Å². The van der Waals surface area contributed by atoms with Gasteiger partial charge in [-0.25, -0.2) is 4.98 Å². The number of methoxy groups -OCH3 is 1. The average molecular weight is 575 g/mol. The lowest BCUT2D eigenvalue weighted by molar-refractivity contribution is -0.138. The van der Waals surface area contributed by atoms with Crippen molar-refractivity contribution in [3.63, 3.8) is 0 Å². The number of allylic oxidation sites excluding steroid dienone is 1. The van der Waals surface area contributed by atoms with E-state index in [2.05, 4.69) is 46.3 Å². The first-order valence-corrected chi connectivity index (χ1v) is 14.5. The number of esters is 1. The fraction of sp³-hybridized carbons (Fsp3) is 0.273. The molecule has 0 radical (unpaired) electrons. The van der Waals surface area contributed by atoms with Crippen LogP contribution in [0.25, 0.3) is 23.0 Å². The molecule has 40 heavy (non-hydrogen) atoms. The minimum Gasteiger partial charge on any atom is -0.468 e. The first kappa shape index (κ1) is 28.0. The highest BCUT2D eigenvalue weighted by Gasteiger charge is 2.15. The summed E-state index contributed by atoms with van der Waals surface area (Å²) >= 11 is 12.7. The molecule has 0 amide bonds. The number of imidazole rings is 1. The van der Waals surface area contributed by atoms with Gasteiger partial charge in [-0.1, -0.05) is 78.9 Å². The SMILES string of the molecule is COC(=O)CNc1ccc(-n2cc(-c3ccc(Cl)cc3Cl)nc2Cc2ccc(C=CC3CCCCC3)cc2)cc1. The fourth-order valence-corrected chi connectivity index (χ4v) is 5.59. The summed E-state index contributed by atoms with van der Waals surface area (Å²) in [6, 6.07) is 22.0. The molecule has 1 aliphatic rings. The first-order valence-electron chi connectivity index (χ1n) is 13.7. The Bertz CT molecular complexity index is 1470. The zero-order valence-electron chi connectivity index (χ0n) is 22.6. The molecule has 1 saturated carbocycles. The lowest BCUT2D eigenvalue weighted by atomic mass is 9.89. The average Bonchev–Trinajstić information content (AvgIpc) is 3.39. The van der Waals surface area contributed by atoms with Gasteiger partial charge in [0, 0.05) is 34.6 Å². The van der Waals surface area contributed by atoms with Crippen LogP contribution in [0.5, 0.6) is 0 Å². The van der Waals surface area contributed by atoms with Crippen LogP contribution < -0.4 is 5.32 Å². The predicted molar refractivity (Wildman–Crippen MR) is 164 cm³/mol. The summed E-state index contributed by atoms with van der Waals surface area (Å²) in [6.07, 6.45) is 14.0. The second-order valence-electron chi connectivity index (χ2n) is 10.2. The van der Waals surface area contributed by atoms with E-state index in [1.54, 1.807) is 6.07 Å². The van der Waals surface area contributed by atoms with Gasteiger partial charge in [-0.3, -0.25) is 4.79 Å². The van der Waals surface area contributed by atoms with Crippen LogP contribution in [0.4, 0.5) is 5.69 Å². The Morgan fingerprint density at radius 1 is 1.02 bits per heavy atom. The molecule has 3 aromatic carbocycles. The molecule has 1 N–H and O–H groups in total. The van der Waals surface area contributed by atoms with Gasteiger partial charge in [-0.05, 0) is 72.4 Å². The van der Waals surface area contributed by atoms with Crippen LogP contribution in [0, 0.1) is 5.92 Å². The van der Waals surface area contributed by atoms with E-state index in [0.29, 0.717) is 22.4 Å². The molecule has 1 aliphatic carbocycles. The van der Waals surface area contributed by atoms with Crippen LogP contribution in [0.3, 0.4) is 0 Å². The topological polar surface area (TPSA) is 56.1 Å². The van der Waals surface area contributed by atoms with Gasteiger partial charge in [0.05, 0.1) is 17.8 Å². The minimum absolute atomic E-state index is 0.108. The highest BCUT2D eigenvalue weighted by Crippen LogP contribution is 2.31. The summed E-state index contributed by atoms with van der Waals surface area (Å²) in [4.78, 5) is 16.5. The summed E-state index contributed by atoms with van der Waals surface area (Å²) < 4.78 is 6.80. The number of halogens is 2. The number of nitrogens with zero attached hydrogens (tertiary/aromatic N) is 2. The van der Waals surface area contributed by atoms with Gasteiger partial charge in [0.2, 0.25) is 0 Å². The monoisotopic (exact) mass is 573 g/mol. The van der Waals surface area contributed by atoms with E-state index in [1.807, 2.05) is 42.6 Å². The summed E-state index contributed by atoms with van der Waals surface area (Å²) in [5.74, 6) is 1.28. The van der Waals surface area contributed by atoms with Crippen molar-refractivity contribution in [2.75, 3.05) is 19.0 Å². The van der Waals surface area contributed by atoms with Crippen LogP contribution in [0.15, 0.2) is 79.0 Å². The Morgan fingerprint density at radius 2 is 1.77 bits per heavy atom. The number of hydrogen-bond acceptors (Lipinski definition) is 4. The van der Waals surface area contributed by atoms with Crippen LogP contribution in [-0.2, 0) is 16.0 Å². The van der Waals surface area contributed by atoms with E-state index in [1.165, 1.54) is 50.3 Å². The van der Waals surface area contributed by atoms with E-state index < -0.39 is 0 Å². The van der Waals surface area contributed by atoms with Crippen molar-refractivity contribution in [2.45, 2.75) is 38.5 Å². The molecule has 0 saturated heterocycles. The highest BCUT2D eigenvalue weighted by atomic mass is 35.5. The molecule has 0 aliphatic heterocycles. The number of aromatic nitrogens is 2. The smallest absolute Gasteiger partial charge is 0.325 e. The normalized spacial score (nSPS) is 14.0. The second kappa shape index (κ2) is 13.2. The molecular weight excluding hydrogens is 541 g/mol. The Balaban J connectivity index is 1.40. The fourth-order valence-electron chi connectivity index (χ4n) is 5.08. The largest absolute Gasteiger partial charge is 0.468 e. The molecule has 0 atom stereocenters. The molecule has 0 spiro atoms. The summed E-state index contributed by atoms with van der Waals surface area (Å²) in [7, 11) is 1.37. The predicted octanol–water partition coefficient (Wildman–Crippen LogP) is 8.62. The van der Waals surface area contributed by atoms with Gasteiger partial charge in [0.15, 0.2) is 0 Å². The molecule has 0 bridgehead atoms.